The number of aliphatic hydroxyl groups excluding tert-OH is 1. The Morgan fingerprint density at radius 2 is 2.00 bits per heavy atom. The topological polar surface area (TPSA) is 60.8 Å². The van der Waals surface area contributed by atoms with E-state index in [9.17, 15) is 9.90 Å². The number of carboxylic acids is 1. The third-order valence-corrected chi connectivity index (χ3v) is 4.19. The van der Waals surface area contributed by atoms with Gasteiger partial charge in [0.1, 0.15) is 0 Å². The first kappa shape index (κ1) is 15.0. The molecule has 1 aromatic rings. The lowest BCUT2D eigenvalue weighted by Gasteiger charge is -2.35. The highest BCUT2D eigenvalue weighted by molar-refractivity contribution is 5.87. The normalized spacial score (nSPS) is 16.9. The van der Waals surface area contributed by atoms with Crippen molar-refractivity contribution < 1.29 is 15.0 Å². The Balaban J connectivity index is 2.00. The molecule has 0 radical (unpaired) electrons. The molecule has 110 valence electrons. The van der Waals surface area contributed by atoms with Gasteiger partial charge in [-0.1, -0.05) is 18.6 Å². The minimum atomic E-state index is -0.897. The first-order valence-corrected chi connectivity index (χ1v) is 7.27. The highest BCUT2D eigenvalue weighted by Gasteiger charge is 2.23. The number of aliphatic hydroxyl groups is 1. The largest absolute Gasteiger partial charge is 0.478 e. The Kier molecular flexibility index (Phi) is 5.15. The van der Waals surface area contributed by atoms with Crippen molar-refractivity contribution in [1.82, 2.24) is 4.90 Å². The number of rotatable bonds is 7. The van der Waals surface area contributed by atoms with Crippen LogP contribution in [0.5, 0.6) is 0 Å². The lowest BCUT2D eigenvalue weighted by molar-refractivity contribution is 0.0697. The fraction of sp³-hybridized carbons (Fsp3) is 0.562. The second-order valence-corrected chi connectivity index (χ2v) is 5.76. The molecular weight excluding hydrogens is 254 g/mol. The van der Waals surface area contributed by atoms with E-state index in [-0.39, 0.29) is 12.6 Å². The molecule has 0 aromatic heterocycles. The van der Waals surface area contributed by atoms with Gasteiger partial charge in [-0.25, -0.2) is 4.79 Å². The lowest BCUT2D eigenvalue weighted by atomic mass is 9.85. The van der Waals surface area contributed by atoms with Crippen molar-refractivity contribution in [2.45, 2.75) is 38.8 Å². The molecule has 1 fully saturated rings. The van der Waals surface area contributed by atoms with Crippen LogP contribution in [0.2, 0.25) is 0 Å². The fourth-order valence-corrected chi connectivity index (χ4v) is 2.51. The summed E-state index contributed by atoms with van der Waals surface area (Å²) in [5, 5.41) is 18.3. The number of aromatic carboxylic acids is 1. The summed E-state index contributed by atoms with van der Waals surface area (Å²) in [5.74, 6) is -0.145. The van der Waals surface area contributed by atoms with E-state index in [1.807, 2.05) is 19.1 Å². The summed E-state index contributed by atoms with van der Waals surface area (Å²) in [4.78, 5) is 13.1. The zero-order chi connectivity index (χ0) is 14.5. The summed E-state index contributed by atoms with van der Waals surface area (Å²) in [6, 6.07) is 7.14. The van der Waals surface area contributed by atoms with Gasteiger partial charge in [-0.2, -0.15) is 0 Å². The van der Waals surface area contributed by atoms with Crippen molar-refractivity contribution in [3.8, 4) is 0 Å². The Morgan fingerprint density at radius 3 is 2.45 bits per heavy atom. The predicted octanol–water partition coefficient (Wildman–Crippen LogP) is 2.37. The molecule has 0 spiro atoms. The minimum Gasteiger partial charge on any atom is -0.478 e. The molecule has 4 heteroatoms. The second-order valence-electron chi connectivity index (χ2n) is 5.76. The Hall–Kier alpha value is -1.39. The van der Waals surface area contributed by atoms with Crippen LogP contribution in [0.3, 0.4) is 0 Å². The molecule has 0 aliphatic heterocycles. The van der Waals surface area contributed by atoms with Gasteiger partial charge in [-0.05, 0) is 43.4 Å². The average Bonchev–Trinajstić information content (AvgIpc) is 2.41. The monoisotopic (exact) mass is 277 g/mol. The van der Waals surface area contributed by atoms with E-state index in [0.29, 0.717) is 5.56 Å². The lowest BCUT2D eigenvalue weighted by Crippen LogP contribution is -2.40. The Labute approximate surface area is 120 Å². The van der Waals surface area contributed by atoms with Gasteiger partial charge >= 0.3 is 5.97 Å². The predicted molar refractivity (Wildman–Crippen MR) is 77.7 cm³/mol. The van der Waals surface area contributed by atoms with Crippen LogP contribution in [0.1, 0.15) is 42.1 Å². The molecule has 1 atom stereocenters. The maximum absolute atomic E-state index is 10.8. The van der Waals surface area contributed by atoms with Crippen molar-refractivity contribution in [2.24, 2.45) is 5.92 Å². The zero-order valence-corrected chi connectivity index (χ0v) is 12.0. The average molecular weight is 277 g/mol. The van der Waals surface area contributed by atoms with Gasteiger partial charge in [0.15, 0.2) is 0 Å². The van der Waals surface area contributed by atoms with Gasteiger partial charge < -0.3 is 10.2 Å². The molecule has 0 heterocycles. The molecule has 1 saturated carbocycles. The van der Waals surface area contributed by atoms with Gasteiger partial charge in [0.25, 0.3) is 0 Å². The number of benzene rings is 1. The first-order chi connectivity index (χ1) is 9.60. The first-order valence-electron chi connectivity index (χ1n) is 7.27. The van der Waals surface area contributed by atoms with E-state index in [1.54, 1.807) is 12.1 Å². The van der Waals surface area contributed by atoms with Crippen LogP contribution in [0.15, 0.2) is 24.3 Å². The second kappa shape index (κ2) is 6.86. The van der Waals surface area contributed by atoms with E-state index in [4.69, 9.17) is 5.11 Å². The highest BCUT2D eigenvalue weighted by atomic mass is 16.4. The maximum Gasteiger partial charge on any atom is 0.335 e. The van der Waals surface area contributed by atoms with Gasteiger partial charge in [0, 0.05) is 19.1 Å². The van der Waals surface area contributed by atoms with E-state index in [1.165, 1.54) is 19.3 Å². The van der Waals surface area contributed by atoms with Crippen LogP contribution >= 0.6 is 0 Å². The van der Waals surface area contributed by atoms with Gasteiger partial charge in [-0.3, -0.25) is 4.90 Å². The summed E-state index contributed by atoms with van der Waals surface area (Å²) in [6.07, 6.45) is 3.89. The quantitative estimate of drug-likeness (QED) is 0.803. The van der Waals surface area contributed by atoms with Gasteiger partial charge in [-0.15, -0.1) is 0 Å². The molecule has 0 bridgehead atoms. The molecule has 0 saturated heterocycles. The molecule has 1 aliphatic carbocycles. The SMILES string of the molecule is CC(CO)N(Cc1ccc(C(=O)O)cc1)CC1CCC1. The standard InChI is InChI=1S/C16H23NO3/c1-12(11-18)17(9-13-3-2-4-13)10-14-5-7-15(8-6-14)16(19)20/h5-8,12-13,18H,2-4,9-11H2,1H3,(H,19,20). The molecule has 4 nitrogen and oxygen atoms in total. The molecule has 2 rings (SSSR count). The van der Waals surface area contributed by atoms with Crippen LogP contribution < -0.4 is 0 Å². The Morgan fingerprint density at radius 1 is 1.35 bits per heavy atom. The summed E-state index contributed by atoms with van der Waals surface area (Å²) in [6.45, 7) is 3.96. The van der Waals surface area contributed by atoms with Crippen LogP contribution in [0.25, 0.3) is 0 Å². The molecule has 1 aromatic carbocycles. The summed E-state index contributed by atoms with van der Waals surface area (Å²) < 4.78 is 0. The van der Waals surface area contributed by atoms with Crippen molar-refractivity contribution in [2.75, 3.05) is 13.2 Å². The van der Waals surface area contributed by atoms with E-state index in [0.717, 1.165) is 24.6 Å². The van der Waals surface area contributed by atoms with Gasteiger partial charge in [0.2, 0.25) is 0 Å². The zero-order valence-electron chi connectivity index (χ0n) is 12.0. The maximum atomic E-state index is 10.8. The van der Waals surface area contributed by atoms with Gasteiger partial charge in [0.05, 0.1) is 12.2 Å². The number of hydrogen-bond donors (Lipinski definition) is 2. The highest BCUT2D eigenvalue weighted by Crippen LogP contribution is 2.28. The molecule has 1 unspecified atom stereocenters. The van der Waals surface area contributed by atoms with Crippen molar-refractivity contribution in [3.63, 3.8) is 0 Å². The number of carbonyl (C=O) groups is 1. The number of carboxylic acid groups (broad SMARTS) is 1. The van der Waals surface area contributed by atoms with E-state index < -0.39 is 5.97 Å². The number of nitrogens with zero attached hydrogens (tertiary/aromatic N) is 1. The van der Waals surface area contributed by atoms with Crippen molar-refractivity contribution in [1.29, 1.82) is 0 Å². The van der Waals surface area contributed by atoms with Crippen molar-refractivity contribution >= 4 is 5.97 Å². The van der Waals surface area contributed by atoms with Crippen LogP contribution in [0, 0.1) is 5.92 Å². The summed E-state index contributed by atoms with van der Waals surface area (Å²) in [5.41, 5.74) is 1.41. The fourth-order valence-electron chi connectivity index (χ4n) is 2.51. The van der Waals surface area contributed by atoms with Crippen molar-refractivity contribution in [3.05, 3.63) is 35.4 Å². The third-order valence-electron chi connectivity index (χ3n) is 4.19. The number of hydrogen-bond acceptors (Lipinski definition) is 3. The molecular formula is C16H23NO3. The van der Waals surface area contributed by atoms with Crippen LogP contribution in [-0.2, 0) is 6.54 Å². The van der Waals surface area contributed by atoms with Crippen LogP contribution in [-0.4, -0.2) is 40.3 Å². The smallest absolute Gasteiger partial charge is 0.335 e. The van der Waals surface area contributed by atoms with Crippen LogP contribution in [0.4, 0.5) is 0 Å². The summed E-state index contributed by atoms with van der Waals surface area (Å²) >= 11 is 0. The van der Waals surface area contributed by atoms with E-state index >= 15 is 0 Å². The molecule has 20 heavy (non-hydrogen) atoms. The molecule has 1 aliphatic rings. The minimum absolute atomic E-state index is 0.134. The molecule has 0 amide bonds. The summed E-state index contributed by atoms with van der Waals surface area (Å²) in [7, 11) is 0. The van der Waals surface area contributed by atoms with E-state index in [2.05, 4.69) is 4.90 Å². The third kappa shape index (κ3) is 3.81. The Bertz CT molecular complexity index is 440. The molecule has 2 N–H and O–H groups in total.